The fourth-order valence-electron chi connectivity index (χ4n) is 1.91. The molecule has 2 aromatic rings. The van der Waals surface area contributed by atoms with Crippen LogP contribution in [0.3, 0.4) is 0 Å². The Bertz CT molecular complexity index is 735. The molecular formula is C14H11O4S. The summed E-state index contributed by atoms with van der Waals surface area (Å²) < 4.78 is 33.6. The fourth-order valence-corrected chi connectivity index (χ4v) is 2.55. The molecule has 1 heterocycles. The normalized spacial score (nSPS) is 13.5. The zero-order chi connectivity index (χ0) is 13.5. The number of fused-ring (bicyclic) bond motifs is 1. The van der Waals surface area contributed by atoms with Crippen molar-refractivity contribution >= 4 is 9.84 Å². The van der Waals surface area contributed by atoms with Gasteiger partial charge in [-0.2, -0.15) is 0 Å². The zero-order valence-electron chi connectivity index (χ0n) is 10.2. The molecule has 1 aliphatic heterocycles. The monoisotopic (exact) mass is 275 g/mol. The molecule has 0 N–H and O–H groups in total. The maximum atomic E-state index is 11.5. The second-order valence-corrected chi connectivity index (χ2v) is 6.29. The highest BCUT2D eigenvalue weighted by Gasteiger charge is 2.15. The molecule has 0 aliphatic carbocycles. The van der Waals surface area contributed by atoms with Crippen LogP contribution >= 0.6 is 0 Å². The van der Waals surface area contributed by atoms with Gasteiger partial charge in [0, 0.05) is 6.26 Å². The molecule has 19 heavy (non-hydrogen) atoms. The summed E-state index contributed by atoms with van der Waals surface area (Å²) in [5.74, 6) is 1.36. The third kappa shape index (κ3) is 2.29. The Kier molecular flexibility index (Phi) is 2.71. The van der Waals surface area contributed by atoms with E-state index in [0.29, 0.717) is 17.1 Å². The summed E-state index contributed by atoms with van der Waals surface area (Å²) in [6, 6.07) is 13.2. The van der Waals surface area contributed by atoms with E-state index in [0.717, 1.165) is 5.56 Å². The molecular weight excluding hydrogens is 264 g/mol. The van der Waals surface area contributed by atoms with Crippen molar-refractivity contribution in [3.05, 3.63) is 42.5 Å². The minimum atomic E-state index is -3.22. The SMILES string of the molecule is CS(=O)(=O)c1cc[c]c(-c2ccc3c(c2)OCO3)c1. The van der Waals surface area contributed by atoms with Gasteiger partial charge in [-0.25, -0.2) is 8.42 Å². The van der Waals surface area contributed by atoms with Gasteiger partial charge in [0.05, 0.1) is 4.90 Å². The Hall–Kier alpha value is -2.01. The number of hydrogen-bond donors (Lipinski definition) is 0. The Morgan fingerprint density at radius 2 is 1.89 bits per heavy atom. The smallest absolute Gasteiger partial charge is 0.231 e. The molecule has 0 saturated carbocycles. The maximum absolute atomic E-state index is 11.5. The second kappa shape index (κ2) is 4.28. The average molecular weight is 275 g/mol. The van der Waals surface area contributed by atoms with Crippen LogP contribution < -0.4 is 9.47 Å². The minimum Gasteiger partial charge on any atom is -0.454 e. The van der Waals surface area contributed by atoms with E-state index in [2.05, 4.69) is 6.07 Å². The van der Waals surface area contributed by atoms with Crippen molar-refractivity contribution in [2.24, 2.45) is 0 Å². The lowest BCUT2D eigenvalue weighted by Gasteiger charge is -2.05. The van der Waals surface area contributed by atoms with Crippen LogP contribution in [0.5, 0.6) is 11.5 Å². The summed E-state index contributed by atoms with van der Waals surface area (Å²) >= 11 is 0. The van der Waals surface area contributed by atoms with Gasteiger partial charge < -0.3 is 9.47 Å². The summed E-state index contributed by atoms with van der Waals surface area (Å²) in [6.07, 6.45) is 1.19. The first-order valence-corrected chi connectivity index (χ1v) is 7.55. The van der Waals surface area contributed by atoms with Gasteiger partial charge >= 0.3 is 0 Å². The minimum absolute atomic E-state index is 0.214. The summed E-state index contributed by atoms with van der Waals surface area (Å²) in [5, 5.41) is 0. The van der Waals surface area contributed by atoms with Crippen LogP contribution in [0.15, 0.2) is 41.3 Å². The molecule has 0 atom stereocenters. The number of hydrogen-bond acceptors (Lipinski definition) is 4. The molecule has 1 aliphatic rings. The molecule has 3 rings (SSSR count). The van der Waals surface area contributed by atoms with Crippen molar-refractivity contribution in [3.8, 4) is 22.6 Å². The second-order valence-electron chi connectivity index (χ2n) is 4.28. The first kappa shape index (κ1) is 12.0. The van der Waals surface area contributed by atoms with Crippen molar-refractivity contribution in [3.63, 3.8) is 0 Å². The first-order valence-electron chi connectivity index (χ1n) is 5.66. The van der Waals surface area contributed by atoms with E-state index >= 15 is 0 Å². The quantitative estimate of drug-likeness (QED) is 0.843. The molecule has 0 amide bonds. The van der Waals surface area contributed by atoms with Crippen molar-refractivity contribution < 1.29 is 17.9 Å². The van der Waals surface area contributed by atoms with Crippen LogP contribution in [0, 0.1) is 6.07 Å². The Morgan fingerprint density at radius 1 is 1.11 bits per heavy atom. The number of benzene rings is 2. The lowest BCUT2D eigenvalue weighted by Crippen LogP contribution is -1.96. The largest absolute Gasteiger partial charge is 0.454 e. The van der Waals surface area contributed by atoms with E-state index in [1.165, 1.54) is 12.3 Å². The van der Waals surface area contributed by atoms with Crippen molar-refractivity contribution in [2.45, 2.75) is 4.90 Å². The molecule has 0 aromatic heterocycles. The highest BCUT2D eigenvalue weighted by atomic mass is 32.2. The third-order valence-electron chi connectivity index (χ3n) is 2.88. The van der Waals surface area contributed by atoms with E-state index in [1.54, 1.807) is 18.2 Å². The molecule has 0 spiro atoms. The fraction of sp³-hybridized carbons (Fsp3) is 0.143. The van der Waals surface area contributed by atoms with Gasteiger partial charge in [0.25, 0.3) is 0 Å². The lowest BCUT2D eigenvalue weighted by atomic mass is 10.1. The van der Waals surface area contributed by atoms with Crippen molar-refractivity contribution in [1.82, 2.24) is 0 Å². The molecule has 4 nitrogen and oxygen atoms in total. The van der Waals surface area contributed by atoms with Crippen LogP contribution in [0.25, 0.3) is 11.1 Å². The van der Waals surface area contributed by atoms with E-state index in [4.69, 9.17) is 9.47 Å². The molecule has 1 radical (unpaired) electrons. The van der Waals surface area contributed by atoms with Crippen LogP contribution in [0.4, 0.5) is 0 Å². The highest BCUT2D eigenvalue weighted by Crippen LogP contribution is 2.36. The van der Waals surface area contributed by atoms with Gasteiger partial charge in [0.1, 0.15) is 0 Å². The van der Waals surface area contributed by atoms with E-state index in [1.807, 2.05) is 12.1 Å². The molecule has 2 aromatic carbocycles. The topological polar surface area (TPSA) is 52.6 Å². The van der Waals surface area contributed by atoms with Crippen LogP contribution in [0.2, 0.25) is 0 Å². The Labute approximate surface area is 111 Å². The predicted octanol–water partition coefficient (Wildman–Crippen LogP) is 2.29. The van der Waals surface area contributed by atoms with Crippen LogP contribution in [-0.4, -0.2) is 21.5 Å². The molecule has 0 bridgehead atoms. The van der Waals surface area contributed by atoms with Crippen LogP contribution in [-0.2, 0) is 9.84 Å². The standard InChI is InChI=1S/C14H11O4S/c1-19(15,16)12-4-2-3-10(7-12)11-5-6-13-14(8-11)18-9-17-13/h2,4-8H,9H2,1H3. The molecule has 5 heteroatoms. The molecule has 97 valence electrons. The maximum Gasteiger partial charge on any atom is 0.231 e. The van der Waals surface area contributed by atoms with Crippen molar-refractivity contribution in [2.75, 3.05) is 13.0 Å². The van der Waals surface area contributed by atoms with Crippen molar-refractivity contribution in [1.29, 1.82) is 0 Å². The Balaban J connectivity index is 2.08. The predicted molar refractivity (Wildman–Crippen MR) is 69.9 cm³/mol. The Morgan fingerprint density at radius 3 is 2.68 bits per heavy atom. The molecule has 0 fully saturated rings. The van der Waals surface area contributed by atoms with E-state index in [9.17, 15) is 8.42 Å². The third-order valence-corrected chi connectivity index (χ3v) is 3.99. The molecule has 0 saturated heterocycles. The summed E-state index contributed by atoms with van der Waals surface area (Å²) in [7, 11) is -3.22. The van der Waals surface area contributed by atoms with Gasteiger partial charge in [0.15, 0.2) is 21.3 Å². The zero-order valence-corrected chi connectivity index (χ0v) is 11.0. The van der Waals surface area contributed by atoms with Crippen LogP contribution in [0.1, 0.15) is 0 Å². The average Bonchev–Trinajstić information content (AvgIpc) is 2.85. The van der Waals surface area contributed by atoms with Gasteiger partial charge in [-0.1, -0.05) is 12.1 Å². The van der Waals surface area contributed by atoms with E-state index in [-0.39, 0.29) is 11.7 Å². The molecule has 0 unspecified atom stereocenters. The summed E-state index contributed by atoms with van der Waals surface area (Å²) in [6.45, 7) is 0.214. The highest BCUT2D eigenvalue weighted by molar-refractivity contribution is 7.90. The first-order chi connectivity index (χ1) is 9.04. The lowest BCUT2D eigenvalue weighted by molar-refractivity contribution is 0.174. The van der Waals surface area contributed by atoms with E-state index < -0.39 is 9.84 Å². The van der Waals surface area contributed by atoms with Gasteiger partial charge in [-0.05, 0) is 41.5 Å². The summed E-state index contributed by atoms with van der Waals surface area (Å²) in [4.78, 5) is 0.277. The number of sulfone groups is 1. The van der Waals surface area contributed by atoms with Gasteiger partial charge in [-0.15, -0.1) is 0 Å². The number of rotatable bonds is 2. The van der Waals surface area contributed by atoms with Gasteiger partial charge in [-0.3, -0.25) is 0 Å². The number of ether oxygens (including phenoxy) is 2. The summed E-state index contributed by atoms with van der Waals surface area (Å²) in [5.41, 5.74) is 1.55. The van der Waals surface area contributed by atoms with Gasteiger partial charge in [0.2, 0.25) is 6.79 Å².